The summed E-state index contributed by atoms with van der Waals surface area (Å²) < 4.78 is 0. The van der Waals surface area contributed by atoms with Gasteiger partial charge < -0.3 is 0 Å². The summed E-state index contributed by atoms with van der Waals surface area (Å²) in [6.07, 6.45) is 6.84. The fraction of sp³-hybridized carbons (Fsp3) is 0.778. The van der Waals surface area contributed by atoms with E-state index >= 15 is 0 Å². The predicted molar refractivity (Wildman–Crippen MR) is 61.5 cm³/mol. The lowest BCUT2D eigenvalue weighted by molar-refractivity contribution is 0.511. The molecule has 1 atom stereocenters. The molecule has 0 heterocycles. The largest absolute Gasteiger partial charge is 0.237 e. The van der Waals surface area contributed by atoms with E-state index in [1.54, 1.807) is 0 Å². The van der Waals surface area contributed by atoms with Crippen LogP contribution in [-0.4, -0.2) is 7.42 Å². The molecule has 0 spiro atoms. The zero-order chi connectivity index (χ0) is 9.40. The molecular formula is C9H18Cl2Si. The summed E-state index contributed by atoms with van der Waals surface area (Å²) in [6.45, 7) is 5.95. The van der Waals surface area contributed by atoms with Crippen molar-refractivity contribution in [2.24, 2.45) is 5.92 Å². The fourth-order valence-corrected chi connectivity index (χ4v) is 3.76. The van der Waals surface area contributed by atoms with Gasteiger partial charge in [0, 0.05) is 0 Å². The van der Waals surface area contributed by atoms with Crippen LogP contribution in [0.1, 0.15) is 32.6 Å². The minimum atomic E-state index is -1.41. The SMILES string of the molecule is C=CCC(CCCC)C[SiH](Cl)Cl. The molecule has 0 saturated carbocycles. The number of hydrogen-bond donors (Lipinski definition) is 0. The normalized spacial score (nSPS) is 13.3. The summed E-state index contributed by atoms with van der Waals surface area (Å²) in [5, 5.41) is 0. The van der Waals surface area contributed by atoms with Crippen molar-refractivity contribution in [3.8, 4) is 0 Å². The van der Waals surface area contributed by atoms with Gasteiger partial charge in [0.2, 0.25) is 7.42 Å². The Balaban J connectivity index is 3.61. The van der Waals surface area contributed by atoms with Gasteiger partial charge in [-0.3, -0.25) is 0 Å². The first kappa shape index (κ1) is 12.5. The van der Waals surface area contributed by atoms with E-state index in [-0.39, 0.29) is 0 Å². The topological polar surface area (TPSA) is 0 Å². The summed E-state index contributed by atoms with van der Waals surface area (Å²) in [5.74, 6) is 0.689. The Kier molecular flexibility index (Phi) is 8.51. The van der Waals surface area contributed by atoms with Crippen LogP contribution in [0.5, 0.6) is 0 Å². The Morgan fingerprint density at radius 1 is 1.50 bits per heavy atom. The lowest BCUT2D eigenvalue weighted by Crippen LogP contribution is -2.05. The van der Waals surface area contributed by atoms with Gasteiger partial charge in [-0.15, -0.1) is 6.58 Å². The smallest absolute Gasteiger partial charge is 0.150 e. The number of hydrogen-bond acceptors (Lipinski definition) is 0. The molecule has 1 unspecified atom stereocenters. The molecule has 0 aromatic carbocycles. The van der Waals surface area contributed by atoms with Crippen molar-refractivity contribution in [3.63, 3.8) is 0 Å². The van der Waals surface area contributed by atoms with Gasteiger partial charge in [0.05, 0.1) is 0 Å². The molecule has 0 aliphatic rings. The van der Waals surface area contributed by atoms with Crippen molar-refractivity contribution < 1.29 is 0 Å². The Morgan fingerprint density at radius 3 is 2.58 bits per heavy atom. The number of allylic oxidation sites excluding steroid dienone is 1. The maximum Gasteiger partial charge on any atom is 0.237 e. The molecule has 0 N–H and O–H groups in total. The average Bonchev–Trinajstić information content (AvgIpc) is 2.00. The van der Waals surface area contributed by atoms with Crippen LogP contribution in [0.3, 0.4) is 0 Å². The highest BCUT2D eigenvalue weighted by Crippen LogP contribution is 2.22. The summed E-state index contributed by atoms with van der Waals surface area (Å²) >= 11 is 11.7. The van der Waals surface area contributed by atoms with Crippen molar-refractivity contribution in [1.82, 2.24) is 0 Å². The maximum atomic E-state index is 5.86. The van der Waals surface area contributed by atoms with E-state index in [9.17, 15) is 0 Å². The summed E-state index contributed by atoms with van der Waals surface area (Å²) in [5.41, 5.74) is 0. The number of unbranched alkanes of at least 4 members (excludes halogenated alkanes) is 1. The molecule has 72 valence electrons. The molecule has 0 aliphatic carbocycles. The molecule has 12 heavy (non-hydrogen) atoms. The third-order valence-electron chi connectivity index (χ3n) is 1.98. The van der Waals surface area contributed by atoms with Crippen LogP contribution < -0.4 is 0 Å². The molecular weight excluding hydrogens is 207 g/mol. The van der Waals surface area contributed by atoms with E-state index in [0.717, 1.165) is 12.5 Å². The molecule has 0 amide bonds. The van der Waals surface area contributed by atoms with Gasteiger partial charge >= 0.3 is 0 Å². The molecule has 0 aromatic rings. The second kappa shape index (κ2) is 8.15. The van der Waals surface area contributed by atoms with E-state index in [0.29, 0.717) is 5.92 Å². The first-order chi connectivity index (χ1) is 5.70. The zero-order valence-corrected chi connectivity index (χ0v) is 10.4. The van der Waals surface area contributed by atoms with Gasteiger partial charge in [0.15, 0.2) is 0 Å². The van der Waals surface area contributed by atoms with Crippen molar-refractivity contribution in [3.05, 3.63) is 12.7 Å². The maximum absolute atomic E-state index is 5.86. The molecule has 0 bridgehead atoms. The quantitative estimate of drug-likeness (QED) is 0.348. The van der Waals surface area contributed by atoms with E-state index < -0.39 is 7.42 Å². The second-order valence-corrected chi connectivity index (χ2v) is 8.24. The Bertz CT molecular complexity index is 115. The highest BCUT2D eigenvalue weighted by Gasteiger charge is 2.12. The second-order valence-electron chi connectivity index (χ2n) is 3.16. The molecule has 0 nitrogen and oxygen atoms in total. The number of rotatable bonds is 7. The van der Waals surface area contributed by atoms with E-state index in [4.69, 9.17) is 22.2 Å². The predicted octanol–water partition coefficient (Wildman–Crippen LogP) is 4.07. The van der Waals surface area contributed by atoms with Crippen molar-refractivity contribution >= 4 is 29.6 Å². The molecule has 3 heteroatoms. The van der Waals surface area contributed by atoms with Crippen LogP contribution in [-0.2, 0) is 0 Å². The monoisotopic (exact) mass is 224 g/mol. The van der Waals surface area contributed by atoms with Gasteiger partial charge in [-0.05, 0) is 18.4 Å². The van der Waals surface area contributed by atoms with Crippen molar-refractivity contribution in [2.45, 2.75) is 38.7 Å². The van der Waals surface area contributed by atoms with Crippen LogP contribution in [0.2, 0.25) is 6.04 Å². The Hall–Kier alpha value is 0.537. The molecule has 0 rings (SSSR count). The third kappa shape index (κ3) is 7.20. The van der Waals surface area contributed by atoms with E-state index in [1.807, 2.05) is 6.08 Å². The minimum absolute atomic E-state index is 0.689. The van der Waals surface area contributed by atoms with E-state index in [1.165, 1.54) is 19.3 Å². The molecule has 0 aromatic heterocycles. The molecule has 0 saturated heterocycles. The van der Waals surface area contributed by atoms with Gasteiger partial charge in [0.25, 0.3) is 0 Å². The molecule has 0 aliphatic heterocycles. The van der Waals surface area contributed by atoms with E-state index in [2.05, 4.69) is 13.5 Å². The van der Waals surface area contributed by atoms with Gasteiger partial charge in [-0.2, -0.15) is 22.2 Å². The van der Waals surface area contributed by atoms with Crippen molar-refractivity contribution in [1.29, 1.82) is 0 Å². The van der Waals surface area contributed by atoms with Crippen LogP contribution in [0.4, 0.5) is 0 Å². The first-order valence-electron chi connectivity index (χ1n) is 4.59. The lowest BCUT2D eigenvalue weighted by Gasteiger charge is -2.13. The highest BCUT2D eigenvalue weighted by atomic mass is 35.7. The van der Waals surface area contributed by atoms with Gasteiger partial charge in [-0.25, -0.2) is 0 Å². The molecule has 0 fully saturated rings. The Morgan fingerprint density at radius 2 is 2.17 bits per heavy atom. The number of halogens is 2. The lowest BCUT2D eigenvalue weighted by atomic mass is 10.0. The third-order valence-corrected chi connectivity index (χ3v) is 4.07. The van der Waals surface area contributed by atoms with Gasteiger partial charge in [-0.1, -0.05) is 32.3 Å². The van der Waals surface area contributed by atoms with Crippen LogP contribution in [0.15, 0.2) is 12.7 Å². The fourth-order valence-electron chi connectivity index (χ4n) is 1.31. The first-order valence-corrected chi connectivity index (χ1v) is 8.90. The summed E-state index contributed by atoms with van der Waals surface area (Å²) in [6, 6.07) is 1.04. The van der Waals surface area contributed by atoms with Crippen molar-refractivity contribution in [2.75, 3.05) is 0 Å². The summed E-state index contributed by atoms with van der Waals surface area (Å²) in [4.78, 5) is 0. The molecule has 0 radical (unpaired) electrons. The standard InChI is InChI=1S/C9H18Cl2Si/c1-3-5-7-9(6-4-2)8-12(10)11/h4,9,12H,2-3,5-8H2,1H3. The van der Waals surface area contributed by atoms with Crippen LogP contribution in [0, 0.1) is 5.92 Å². The van der Waals surface area contributed by atoms with Crippen LogP contribution in [0.25, 0.3) is 0 Å². The minimum Gasteiger partial charge on any atom is -0.150 e. The van der Waals surface area contributed by atoms with Gasteiger partial charge in [0.1, 0.15) is 0 Å². The highest BCUT2D eigenvalue weighted by molar-refractivity contribution is 7.33. The van der Waals surface area contributed by atoms with Crippen LogP contribution >= 0.6 is 22.2 Å². The average molecular weight is 225 g/mol. The Labute approximate surface area is 87.0 Å². The zero-order valence-electron chi connectivity index (χ0n) is 7.73. The summed E-state index contributed by atoms with van der Waals surface area (Å²) in [7, 11) is -1.41.